The molecule has 0 radical (unpaired) electrons. The molecule has 0 aliphatic carbocycles. The number of carbonyl (C=O) groups excluding carboxylic acids is 1. The Morgan fingerprint density at radius 3 is 2.43 bits per heavy atom. The second-order valence-electron chi connectivity index (χ2n) is 6.87. The van der Waals surface area contributed by atoms with Gasteiger partial charge in [0, 0.05) is 48.7 Å². The smallest absolute Gasteiger partial charge is 0.253 e. The van der Waals surface area contributed by atoms with Crippen molar-refractivity contribution in [3.63, 3.8) is 0 Å². The van der Waals surface area contributed by atoms with Gasteiger partial charge in [0.2, 0.25) is 0 Å². The summed E-state index contributed by atoms with van der Waals surface area (Å²) in [6, 6.07) is 15.2. The molecule has 0 aliphatic rings. The predicted molar refractivity (Wildman–Crippen MR) is 110 cm³/mol. The standard InChI is InChI=1S/C23H25N3O2/c1-16-7-5-13-24-20(16)15-17(2)26(3)23(27)19-11-9-18(10-12-19)22-21(28-4)8-6-14-25-22/h5-14,17H,15H2,1-4H3/t17-/m1/s1. The van der Waals surface area contributed by atoms with Gasteiger partial charge < -0.3 is 9.64 Å². The molecule has 1 amide bonds. The number of ether oxygens (including phenoxy) is 1. The summed E-state index contributed by atoms with van der Waals surface area (Å²) in [6.07, 6.45) is 4.24. The van der Waals surface area contributed by atoms with Crippen LogP contribution in [0.4, 0.5) is 0 Å². The maximum atomic E-state index is 12.9. The molecule has 0 spiro atoms. The highest BCUT2D eigenvalue weighted by atomic mass is 16.5. The molecular weight excluding hydrogens is 350 g/mol. The van der Waals surface area contributed by atoms with E-state index < -0.39 is 0 Å². The van der Waals surface area contributed by atoms with Gasteiger partial charge in [-0.2, -0.15) is 0 Å². The lowest BCUT2D eigenvalue weighted by Crippen LogP contribution is -2.36. The number of carbonyl (C=O) groups is 1. The number of aromatic nitrogens is 2. The van der Waals surface area contributed by atoms with E-state index in [1.807, 2.05) is 69.4 Å². The molecule has 0 unspecified atom stereocenters. The number of nitrogens with zero attached hydrogens (tertiary/aromatic N) is 3. The minimum absolute atomic E-state index is 0.0133. The molecule has 3 rings (SSSR count). The Kier molecular flexibility index (Phi) is 6.04. The van der Waals surface area contributed by atoms with Crippen LogP contribution in [-0.4, -0.2) is 41.0 Å². The van der Waals surface area contributed by atoms with Crippen molar-refractivity contribution in [3.8, 4) is 17.0 Å². The molecule has 1 aromatic carbocycles. The van der Waals surface area contributed by atoms with Crippen LogP contribution in [0.1, 0.15) is 28.5 Å². The molecule has 0 aliphatic heterocycles. The lowest BCUT2D eigenvalue weighted by atomic mass is 10.0. The zero-order chi connectivity index (χ0) is 20.1. The number of likely N-dealkylation sites (N-methyl/N-ethyl adjacent to an activating group) is 1. The van der Waals surface area contributed by atoms with Crippen molar-refractivity contribution in [2.75, 3.05) is 14.2 Å². The van der Waals surface area contributed by atoms with Gasteiger partial charge in [-0.25, -0.2) is 0 Å². The summed E-state index contributed by atoms with van der Waals surface area (Å²) in [5.41, 5.74) is 4.48. The first-order valence-corrected chi connectivity index (χ1v) is 9.28. The highest BCUT2D eigenvalue weighted by Gasteiger charge is 2.19. The number of hydrogen-bond acceptors (Lipinski definition) is 4. The monoisotopic (exact) mass is 375 g/mol. The summed E-state index contributed by atoms with van der Waals surface area (Å²) in [7, 11) is 3.46. The van der Waals surface area contributed by atoms with Crippen molar-refractivity contribution in [2.45, 2.75) is 26.3 Å². The topological polar surface area (TPSA) is 55.3 Å². The Balaban J connectivity index is 1.74. The zero-order valence-corrected chi connectivity index (χ0v) is 16.7. The fraction of sp³-hybridized carbons (Fsp3) is 0.261. The van der Waals surface area contributed by atoms with E-state index in [-0.39, 0.29) is 11.9 Å². The van der Waals surface area contributed by atoms with Crippen LogP contribution in [-0.2, 0) is 6.42 Å². The van der Waals surface area contributed by atoms with Crippen LogP contribution in [0.3, 0.4) is 0 Å². The molecule has 0 saturated carbocycles. The summed E-state index contributed by atoms with van der Waals surface area (Å²) in [4.78, 5) is 23.5. The molecule has 0 saturated heterocycles. The van der Waals surface area contributed by atoms with Crippen molar-refractivity contribution in [1.82, 2.24) is 14.9 Å². The lowest BCUT2D eigenvalue weighted by molar-refractivity contribution is 0.0743. The molecular formula is C23H25N3O2. The summed E-state index contributed by atoms with van der Waals surface area (Å²) in [5.74, 6) is 0.693. The number of benzene rings is 1. The van der Waals surface area contributed by atoms with Gasteiger partial charge >= 0.3 is 0 Å². The third-order valence-electron chi connectivity index (χ3n) is 4.98. The Morgan fingerprint density at radius 2 is 1.75 bits per heavy atom. The van der Waals surface area contributed by atoms with E-state index in [1.165, 1.54) is 0 Å². The highest BCUT2D eigenvalue weighted by molar-refractivity contribution is 5.94. The summed E-state index contributed by atoms with van der Waals surface area (Å²) >= 11 is 0. The number of rotatable bonds is 6. The molecule has 1 atom stereocenters. The van der Waals surface area contributed by atoms with Gasteiger partial charge in [-0.15, -0.1) is 0 Å². The van der Waals surface area contributed by atoms with E-state index in [2.05, 4.69) is 9.97 Å². The SMILES string of the molecule is COc1cccnc1-c1ccc(C(=O)N(C)[C@H](C)Cc2ncccc2C)cc1. The molecule has 0 fully saturated rings. The minimum Gasteiger partial charge on any atom is -0.494 e. The minimum atomic E-state index is -0.0133. The molecule has 0 N–H and O–H groups in total. The van der Waals surface area contributed by atoms with Crippen molar-refractivity contribution in [3.05, 3.63) is 77.7 Å². The van der Waals surface area contributed by atoms with E-state index in [9.17, 15) is 4.79 Å². The third kappa shape index (κ3) is 4.19. The maximum Gasteiger partial charge on any atom is 0.253 e. The van der Waals surface area contributed by atoms with Gasteiger partial charge in [0.05, 0.1) is 7.11 Å². The molecule has 2 aromatic heterocycles. The van der Waals surface area contributed by atoms with E-state index in [4.69, 9.17) is 4.74 Å². The highest BCUT2D eigenvalue weighted by Crippen LogP contribution is 2.27. The second-order valence-corrected chi connectivity index (χ2v) is 6.87. The maximum absolute atomic E-state index is 12.9. The normalized spacial score (nSPS) is 11.7. The van der Waals surface area contributed by atoms with Gasteiger partial charge in [0.15, 0.2) is 0 Å². The summed E-state index contributed by atoms with van der Waals surface area (Å²) < 4.78 is 5.37. The molecule has 3 aromatic rings. The number of pyridine rings is 2. The quantitative estimate of drug-likeness (QED) is 0.649. The number of hydrogen-bond donors (Lipinski definition) is 0. The predicted octanol–water partition coefficient (Wildman–Crippen LogP) is 4.16. The van der Waals surface area contributed by atoms with Gasteiger partial charge in [0.25, 0.3) is 5.91 Å². The third-order valence-corrected chi connectivity index (χ3v) is 4.98. The molecule has 0 bridgehead atoms. The lowest BCUT2D eigenvalue weighted by Gasteiger charge is -2.25. The van der Waals surface area contributed by atoms with Gasteiger partial charge in [-0.05, 0) is 49.7 Å². The van der Waals surface area contributed by atoms with Crippen molar-refractivity contribution >= 4 is 5.91 Å². The van der Waals surface area contributed by atoms with Crippen LogP contribution in [0.5, 0.6) is 5.75 Å². The van der Waals surface area contributed by atoms with Crippen LogP contribution in [0, 0.1) is 6.92 Å². The number of methoxy groups -OCH3 is 1. The summed E-state index contributed by atoms with van der Waals surface area (Å²) in [6.45, 7) is 4.08. The Bertz CT molecular complexity index is 954. The Labute approximate surface area is 166 Å². The van der Waals surface area contributed by atoms with Gasteiger partial charge in [-0.1, -0.05) is 18.2 Å². The number of aryl methyl sites for hydroxylation is 1. The van der Waals surface area contributed by atoms with Gasteiger partial charge in [0.1, 0.15) is 11.4 Å². The largest absolute Gasteiger partial charge is 0.494 e. The van der Waals surface area contributed by atoms with Crippen molar-refractivity contribution < 1.29 is 9.53 Å². The van der Waals surface area contributed by atoms with Crippen LogP contribution < -0.4 is 4.74 Å². The molecule has 5 heteroatoms. The van der Waals surface area contributed by atoms with E-state index in [0.29, 0.717) is 11.3 Å². The zero-order valence-electron chi connectivity index (χ0n) is 16.7. The Hall–Kier alpha value is -3.21. The Morgan fingerprint density at radius 1 is 1.07 bits per heavy atom. The fourth-order valence-electron chi connectivity index (χ4n) is 3.10. The van der Waals surface area contributed by atoms with Crippen LogP contribution in [0.15, 0.2) is 60.9 Å². The fourth-order valence-corrected chi connectivity index (χ4v) is 3.10. The molecule has 5 nitrogen and oxygen atoms in total. The first-order valence-electron chi connectivity index (χ1n) is 9.28. The summed E-state index contributed by atoms with van der Waals surface area (Å²) in [5, 5.41) is 0. The van der Waals surface area contributed by atoms with Gasteiger partial charge in [-0.3, -0.25) is 14.8 Å². The van der Waals surface area contributed by atoms with Crippen LogP contribution >= 0.6 is 0 Å². The molecule has 2 heterocycles. The van der Waals surface area contributed by atoms with E-state index in [1.54, 1.807) is 24.4 Å². The number of amides is 1. The first kappa shape index (κ1) is 19.5. The average molecular weight is 375 g/mol. The van der Waals surface area contributed by atoms with Crippen molar-refractivity contribution in [2.24, 2.45) is 0 Å². The van der Waals surface area contributed by atoms with Crippen molar-refractivity contribution in [1.29, 1.82) is 0 Å². The average Bonchev–Trinajstić information content (AvgIpc) is 2.74. The molecule has 28 heavy (non-hydrogen) atoms. The second kappa shape index (κ2) is 8.65. The molecule has 144 valence electrons. The van der Waals surface area contributed by atoms with Crippen LogP contribution in [0.25, 0.3) is 11.3 Å². The van der Waals surface area contributed by atoms with E-state index in [0.717, 1.165) is 28.9 Å². The first-order chi connectivity index (χ1) is 13.5. The van der Waals surface area contributed by atoms with Crippen LogP contribution in [0.2, 0.25) is 0 Å². The van der Waals surface area contributed by atoms with E-state index >= 15 is 0 Å².